The van der Waals surface area contributed by atoms with Crippen LogP contribution in [0.2, 0.25) is 0 Å². The number of rotatable bonds is 8. The maximum atomic E-state index is 12.3. The number of unbranched alkanes of at least 4 members (excludes halogenated alkanes) is 1. The molecular weight excluding hydrogens is 292 g/mol. The van der Waals surface area contributed by atoms with Crippen LogP contribution in [0.25, 0.3) is 0 Å². The van der Waals surface area contributed by atoms with E-state index in [9.17, 15) is 9.59 Å². The normalized spacial score (nSPS) is 20.7. The molecule has 2 rings (SSSR count). The molecule has 0 aromatic heterocycles. The monoisotopic (exact) mass is 316 g/mol. The molecule has 22 heavy (non-hydrogen) atoms. The first kappa shape index (κ1) is 17.0. The molecule has 2 unspecified atom stereocenters. The molecule has 0 heterocycles. The predicted octanol–water partition coefficient (Wildman–Crippen LogP) is 4.90. The Kier molecular flexibility index (Phi) is 6.44. The first-order valence-corrected chi connectivity index (χ1v) is 9.05. The van der Waals surface area contributed by atoms with Gasteiger partial charge in [-0.25, -0.2) is 0 Å². The van der Waals surface area contributed by atoms with Gasteiger partial charge in [0, 0.05) is 11.5 Å². The van der Waals surface area contributed by atoms with Gasteiger partial charge < -0.3 is 0 Å². The number of allylic oxidation sites excluding steroid dienone is 1. The summed E-state index contributed by atoms with van der Waals surface area (Å²) >= 11 is 1.37. The number of hydrogen-bond acceptors (Lipinski definition) is 3. The summed E-state index contributed by atoms with van der Waals surface area (Å²) in [6, 6.07) is 9.59. The second kappa shape index (κ2) is 8.33. The second-order valence-corrected chi connectivity index (χ2v) is 7.11. The van der Waals surface area contributed by atoms with E-state index in [2.05, 4.69) is 0 Å². The highest BCUT2D eigenvalue weighted by Gasteiger charge is 2.42. The number of thioether (sulfide) groups is 1. The Bertz CT molecular complexity index is 548. The van der Waals surface area contributed by atoms with Gasteiger partial charge in [0.1, 0.15) is 0 Å². The summed E-state index contributed by atoms with van der Waals surface area (Å²) in [7, 11) is 0. The molecule has 1 aliphatic carbocycles. The maximum absolute atomic E-state index is 12.3. The molecule has 1 fully saturated rings. The fraction of sp³-hybridized carbons (Fsp3) is 0.474. The zero-order chi connectivity index (χ0) is 15.9. The van der Waals surface area contributed by atoms with Crippen molar-refractivity contribution in [2.24, 2.45) is 11.8 Å². The number of carbonyl (C=O) groups is 2. The fourth-order valence-corrected chi connectivity index (χ4v) is 3.30. The summed E-state index contributed by atoms with van der Waals surface area (Å²) in [5, 5.41) is 0.186. The molecule has 1 aliphatic rings. The SMILES string of the molecule is CCSC(=O)/C(C)=C/CCCC1CC1C(=O)c1ccccc1. The van der Waals surface area contributed by atoms with Gasteiger partial charge in [-0.3, -0.25) is 9.59 Å². The summed E-state index contributed by atoms with van der Waals surface area (Å²) in [6.45, 7) is 3.89. The first-order valence-electron chi connectivity index (χ1n) is 8.06. The van der Waals surface area contributed by atoms with Crippen molar-refractivity contribution in [3.8, 4) is 0 Å². The van der Waals surface area contributed by atoms with Crippen LogP contribution in [-0.2, 0) is 4.79 Å². The average molecular weight is 316 g/mol. The third-order valence-corrected chi connectivity index (χ3v) is 5.02. The Morgan fingerprint density at radius 3 is 2.68 bits per heavy atom. The summed E-state index contributed by atoms with van der Waals surface area (Å²) in [6.07, 6.45) is 6.15. The number of Topliss-reactive ketones (excluding diaryl/α,β-unsaturated/α-hetero) is 1. The first-order chi connectivity index (χ1) is 10.6. The molecule has 1 aromatic rings. The Morgan fingerprint density at radius 2 is 2.00 bits per heavy atom. The van der Waals surface area contributed by atoms with Crippen molar-refractivity contribution in [1.29, 1.82) is 0 Å². The summed E-state index contributed by atoms with van der Waals surface area (Å²) in [4.78, 5) is 23.9. The highest BCUT2D eigenvalue weighted by Crippen LogP contribution is 2.44. The van der Waals surface area contributed by atoms with Gasteiger partial charge in [-0.15, -0.1) is 0 Å². The van der Waals surface area contributed by atoms with E-state index in [1.165, 1.54) is 11.8 Å². The Morgan fingerprint density at radius 1 is 1.27 bits per heavy atom. The van der Waals surface area contributed by atoms with E-state index in [1.807, 2.05) is 50.3 Å². The molecule has 0 N–H and O–H groups in total. The summed E-state index contributed by atoms with van der Waals surface area (Å²) in [5.41, 5.74) is 1.70. The van der Waals surface area contributed by atoms with E-state index in [0.29, 0.717) is 11.7 Å². The van der Waals surface area contributed by atoms with Gasteiger partial charge >= 0.3 is 0 Å². The van der Waals surface area contributed by atoms with Gasteiger partial charge in [0.2, 0.25) is 5.12 Å². The van der Waals surface area contributed by atoms with Crippen molar-refractivity contribution < 1.29 is 9.59 Å². The van der Waals surface area contributed by atoms with Gasteiger partial charge in [-0.1, -0.05) is 55.1 Å². The van der Waals surface area contributed by atoms with E-state index >= 15 is 0 Å². The van der Waals surface area contributed by atoms with E-state index < -0.39 is 0 Å². The third-order valence-electron chi connectivity index (χ3n) is 4.14. The van der Waals surface area contributed by atoms with Gasteiger partial charge in [0.05, 0.1) is 0 Å². The molecule has 118 valence electrons. The lowest BCUT2D eigenvalue weighted by atomic mass is 10.0. The Labute approximate surface area is 137 Å². The maximum Gasteiger partial charge on any atom is 0.214 e. The number of ketones is 1. The molecule has 2 atom stereocenters. The lowest BCUT2D eigenvalue weighted by molar-refractivity contribution is -0.107. The minimum atomic E-state index is 0.186. The van der Waals surface area contributed by atoms with Crippen molar-refractivity contribution in [3.63, 3.8) is 0 Å². The molecule has 2 nitrogen and oxygen atoms in total. The third kappa shape index (κ3) is 4.84. The second-order valence-electron chi connectivity index (χ2n) is 5.87. The number of benzene rings is 1. The van der Waals surface area contributed by atoms with E-state index in [0.717, 1.165) is 42.6 Å². The average Bonchev–Trinajstić information content (AvgIpc) is 3.31. The van der Waals surface area contributed by atoms with Gasteiger partial charge in [0.15, 0.2) is 5.78 Å². The fourth-order valence-electron chi connectivity index (χ4n) is 2.73. The molecule has 0 aliphatic heterocycles. The predicted molar refractivity (Wildman–Crippen MR) is 93.1 cm³/mol. The van der Waals surface area contributed by atoms with Crippen molar-refractivity contribution >= 4 is 22.7 Å². The van der Waals surface area contributed by atoms with Crippen molar-refractivity contribution in [3.05, 3.63) is 47.5 Å². The molecule has 0 amide bonds. The van der Waals surface area contributed by atoms with E-state index in [-0.39, 0.29) is 11.0 Å². The molecule has 1 saturated carbocycles. The summed E-state index contributed by atoms with van der Waals surface area (Å²) < 4.78 is 0. The van der Waals surface area contributed by atoms with Gasteiger partial charge in [0.25, 0.3) is 0 Å². The van der Waals surface area contributed by atoms with Crippen LogP contribution in [0, 0.1) is 11.8 Å². The van der Waals surface area contributed by atoms with Crippen LogP contribution in [0.15, 0.2) is 42.0 Å². The Hall–Kier alpha value is -1.35. The Balaban J connectivity index is 1.69. The van der Waals surface area contributed by atoms with Crippen LogP contribution < -0.4 is 0 Å². The minimum Gasteiger partial charge on any atom is -0.294 e. The molecule has 0 radical (unpaired) electrons. The van der Waals surface area contributed by atoms with Crippen LogP contribution >= 0.6 is 11.8 Å². The number of hydrogen-bond donors (Lipinski definition) is 0. The minimum absolute atomic E-state index is 0.186. The van der Waals surface area contributed by atoms with Crippen LogP contribution in [0.4, 0.5) is 0 Å². The summed E-state index contributed by atoms with van der Waals surface area (Å²) in [5.74, 6) is 1.90. The molecule has 3 heteroatoms. The van der Waals surface area contributed by atoms with Crippen LogP contribution in [0.3, 0.4) is 0 Å². The van der Waals surface area contributed by atoms with Crippen molar-refractivity contribution in [1.82, 2.24) is 0 Å². The molecular formula is C19H24O2S. The standard InChI is InChI=1S/C19H24O2S/c1-3-22-19(21)14(2)9-7-8-12-16-13-17(16)18(20)15-10-5-4-6-11-15/h4-6,9-11,16-17H,3,7-8,12-13H2,1-2H3/b14-9+. The van der Waals surface area contributed by atoms with Crippen molar-refractivity contribution in [2.45, 2.75) is 39.5 Å². The van der Waals surface area contributed by atoms with Crippen molar-refractivity contribution in [2.75, 3.05) is 5.75 Å². The lowest BCUT2D eigenvalue weighted by Gasteiger charge is -2.01. The smallest absolute Gasteiger partial charge is 0.214 e. The van der Waals surface area contributed by atoms with Gasteiger partial charge in [-0.2, -0.15) is 0 Å². The number of carbonyl (C=O) groups excluding carboxylic acids is 2. The highest BCUT2D eigenvalue weighted by molar-refractivity contribution is 8.14. The molecule has 0 spiro atoms. The topological polar surface area (TPSA) is 34.1 Å². The zero-order valence-corrected chi connectivity index (χ0v) is 14.2. The van der Waals surface area contributed by atoms with Crippen LogP contribution in [0.1, 0.15) is 49.9 Å². The largest absolute Gasteiger partial charge is 0.294 e. The quantitative estimate of drug-likeness (QED) is 0.388. The van der Waals surface area contributed by atoms with Crippen LogP contribution in [-0.4, -0.2) is 16.7 Å². The zero-order valence-electron chi connectivity index (χ0n) is 13.4. The van der Waals surface area contributed by atoms with E-state index in [1.54, 1.807) is 0 Å². The van der Waals surface area contributed by atoms with Gasteiger partial charge in [-0.05, 0) is 49.9 Å². The molecule has 0 bridgehead atoms. The van der Waals surface area contributed by atoms with E-state index in [4.69, 9.17) is 0 Å². The molecule has 1 aromatic carbocycles. The van der Waals surface area contributed by atoms with Crippen LogP contribution in [0.5, 0.6) is 0 Å². The molecule has 0 saturated heterocycles. The lowest BCUT2D eigenvalue weighted by Crippen LogP contribution is -2.03. The highest BCUT2D eigenvalue weighted by atomic mass is 32.2.